The van der Waals surface area contributed by atoms with E-state index in [0.717, 1.165) is 31.2 Å². The van der Waals surface area contributed by atoms with Gasteiger partial charge >= 0.3 is 0 Å². The van der Waals surface area contributed by atoms with Crippen LogP contribution < -0.4 is 11.1 Å². The van der Waals surface area contributed by atoms with E-state index in [1.54, 1.807) is 0 Å². The topological polar surface area (TPSA) is 53.6 Å². The van der Waals surface area contributed by atoms with Gasteiger partial charge in [0.1, 0.15) is 0 Å². The van der Waals surface area contributed by atoms with E-state index in [4.69, 9.17) is 5.73 Å². The zero-order chi connectivity index (χ0) is 15.0. The average molecular weight is 410 g/mol. The number of hydrogen-bond acceptors (Lipinski definition) is 2. The summed E-state index contributed by atoms with van der Waals surface area (Å²) in [5.74, 6) is 2.30. The molecular formula is C16H35IN4. The summed E-state index contributed by atoms with van der Waals surface area (Å²) < 4.78 is 0. The molecule has 21 heavy (non-hydrogen) atoms. The molecule has 0 aromatic rings. The zero-order valence-electron chi connectivity index (χ0n) is 14.3. The number of guanidine groups is 1. The van der Waals surface area contributed by atoms with Crippen LogP contribution in [0.3, 0.4) is 0 Å². The van der Waals surface area contributed by atoms with Crippen molar-refractivity contribution in [2.75, 3.05) is 26.2 Å². The summed E-state index contributed by atoms with van der Waals surface area (Å²) >= 11 is 0. The van der Waals surface area contributed by atoms with Crippen molar-refractivity contribution in [3.63, 3.8) is 0 Å². The van der Waals surface area contributed by atoms with Crippen LogP contribution in [0.25, 0.3) is 0 Å². The van der Waals surface area contributed by atoms with Gasteiger partial charge in [-0.15, -0.1) is 24.0 Å². The van der Waals surface area contributed by atoms with Gasteiger partial charge in [0.15, 0.2) is 5.96 Å². The molecule has 4 nitrogen and oxygen atoms in total. The molecule has 0 aromatic carbocycles. The highest BCUT2D eigenvalue weighted by Crippen LogP contribution is 2.20. The largest absolute Gasteiger partial charge is 0.370 e. The van der Waals surface area contributed by atoms with Crippen molar-refractivity contribution in [2.45, 2.75) is 59.4 Å². The molecule has 1 heterocycles. The van der Waals surface area contributed by atoms with E-state index in [1.807, 2.05) is 0 Å². The number of hydrogen-bond donors (Lipinski definition) is 2. The molecular weight excluding hydrogens is 375 g/mol. The van der Waals surface area contributed by atoms with Gasteiger partial charge in [-0.25, -0.2) is 0 Å². The molecule has 0 bridgehead atoms. The minimum Gasteiger partial charge on any atom is -0.370 e. The maximum absolute atomic E-state index is 5.84. The third kappa shape index (κ3) is 9.55. The van der Waals surface area contributed by atoms with Gasteiger partial charge in [0.2, 0.25) is 0 Å². The number of rotatable bonds is 7. The lowest BCUT2D eigenvalue weighted by Gasteiger charge is -2.34. The summed E-state index contributed by atoms with van der Waals surface area (Å²) in [5.41, 5.74) is 5.84. The average Bonchev–Trinajstić information content (AvgIpc) is 2.37. The third-order valence-corrected chi connectivity index (χ3v) is 4.12. The van der Waals surface area contributed by atoms with E-state index in [9.17, 15) is 0 Å². The number of halogens is 1. The Bertz CT molecular complexity index is 286. The quantitative estimate of drug-likeness (QED) is 0.294. The molecule has 1 aliphatic rings. The van der Waals surface area contributed by atoms with Crippen LogP contribution in [-0.2, 0) is 0 Å². The minimum atomic E-state index is 0. The van der Waals surface area contributed by atoms with Gasteiger partial charge < -0.3 is 16.0 Å². The summed E-state index contributed by atoms with van der Waals surface area (Å²) in [7, 11) is 0. The third-order valence-electron chi connectivity index (χ3n) is 4.12. The fraction of sp³-hybridized carbons (Fsp3) is 0.938. The maximum Gasteiger partial charge on any atom is 0.188 e. The second kappa shape index (κ2) is 11.5. The van der Waals surface area contributed by atoms with E-state index in [-0.39, 0.29) is 24.0 Å². The lowest BCUT2D eigenvalue weighted by Crippen LogP contribution is -2.39. The molecule has 3 unspecified atom stereocenters. The van der Waals surface area contributed by atoms with E-state index < -0.39 is 0 Å². The van der Waals surface area contributed by atoms with E-state index >= 15 is 0 Å². The number of nitrogens with one attached hydrogen (secondary N) is 1. The van der Waals surface area contributed by atoms with Gasteiger partial charge in [-0.2, -0.15) is 0 Å². The predicted octanol–water partition coefficient (Wildman–Crippen LogP) is 3.07. The Labute approximate surface area is 148 Å². The van der Waals surface area contributed by atoms with Crippen molar-refractivity contribution < 1.29 is 0 Å². The molecule has 126 valence electrons. The predicted molar refractivity (Wildman–Crippen MR) is 103 cm³/mol. The van der Waals surface area contributed by atoms with E-state index in [0.29, 0.717) is 12.0 Å². The Morgan fingerprint density at radius 2 is 1.90 bits per heavy atom. The Balaban J connectivity index is 0.00000400. The van der Waals surface area contributed by atoms with Gasteiger partial charge in [0.05, 0.1) is 0 Å². The smallest absolute Gasteiger partial charge is 0.188 e. The van der Waals surface area contributed by atoms with E-state index in [2.05, 4.69) is 42.9 Å². The van der Waals surface area contributed by atoms with Crippen molar-refractivity contribution in [1.29, 1.82) is 0 Å². The number of unbranched alkanes of at least 4 members (excludes halogenated alkanes) is 1. The van der Waals surface area contributed by atoms with Crippen molar-refractivity contribution in [3.8, 4) is 0 Å². The normalized spacial score (nSPS) is 25.2. The fourth-order valence-corrected chi connectivity index (χ4v) is 3.02. The summed E-state index contributed by atoms with van der Waals surface area (Å²) in [4.78, 5) is 7.00. The van der Waals surface area contributed by atoms with Crippen LogP contribution in [0.15, 0.2) is 4.99 Å². The zero-order valence-corrected chi connectivity index (χ0v) is 16.6. The van der Waals surface area contributed by atoms with Gasteiger partial charge in [0, 0.05) is 25.7 Å². The number of aliphatic imine (C=N–C) groups is 1. The summed E-state index contributed by atoms with van der Waals surface area (Å²) in [6.45, 7) is 13.6. The van der Waals surface area contributed by atoms with Crippen LogP contribution >= 0.6 is 24.0 Å². The number of nitrogens with two attached hydrogens (primary N) is 1. The minimum absolute atomic E-state index is 0. The lowest BCUT2D eigenvalue weighted by molar-refractivity contribution is 0.139. The van der Waals surface area contributed by atoms with Gasteiger partial charge in [-0.1, -0.05) is 20.8 Å². The van der Waals surface area contributed by atoms with Crippen molar-refractivity contribution in [2.24, 2.45) is 22.6 Å². The molecule has 0 amide bonds. The van der Waals surface area contributed by atoms with Crippen molar-refractivity contribution in [3.05, 3.63) is 0 Å². The fourth-order valence-electron chi connectivity index (χ4n) is 3.02. The Morgan fingerprint density at radius 1 is 1.29 bits per heavy atom. The first-order valence-corrected chi connectivity index (χ1v) is 8.30. The molecule has 0 spiro atoms. The molecule has 0 radical (unpaired) electrons. The van der Waals surface area contributed by atoms with Crippen molar-refractivity contribution >= 4 is 29.9 Å². The second-order valence-electron chi connectivity index (χ2n) is 6.63. The van der Waals surface area contributed by atoms with Gasteiger partial charge in [-0.3, -0.25) is 4.99 Å². The number of nitrogens with zero attached hydrogens (tertiary/aromatic N) is 2. The summed E-state index contributed by atoms with van der Waals surface area (Å²) in [6, 6.07) is 0.412. The molecule has 1 rings (SSSR count). The van der Waals surface area contributed by atoms with Crippen molar-refractivity contribution in [1.82, 2.24) is 10.2 Å². The highest BCUT2D eigenvalue weighted by molar-refractivity contribution is 14.0. The Kier molecular flexibility index (Phi) is 11.5. The maximum atomic E-state index is 5.84. The molecule has 0 aromatic heterocycles. The first kappa shape index (κ1) is 21.0. The molecule has 3 atom stereocenters. The van der Waals surface area contributed by atoms with Gasteiger partial charge in [0.25, 0.3) is 0 Å². The van der Waals surface area contributed by atoms with Crippen LogP contribution in [-0.4, -0.2) is 43.1 Å². The standard InChI is InChI=1S/C16H34N4.HI/c1-5-15(4)19-16(17)18-8-6-7-9-20-11-13(2)10-14(3)12-20;/h13-15H,5-12H2,1-4H3,(H3,17,18,19);1H. The van der Waals surface area contributed by atoms with Crippen LogP contribution in [0.2, 0.25) is 0 Å². The first-order chi connectivity index (χ1) is 9.51. The monoisotopic (exact) mass is 410 g/mol. The number of likely N-dealkylation sites (tertiary alicyclic amines) is 1. The van der Waals surface area contributed by atoms with Crippen LogP contribution in [0.1, 0.15) is 53.4 Å². The molecule has 3 N–H and O–H groups in total. The highest BCUT2D eigenvalue weighted by atomic mass is 127. The molecule has 1 saturated heterocycles. The Morgan fingerprint density at radius 3 is 2.48 bits per heavy atom. The number of piperidine rings is 1. The first-order valence-electron chi connectivity index (χ1n) is 8.30. The Hall–Kier alpha value is -0.0400. The van der Waals surface area contributed by atoms with E-state index in [1.165, 1.54) is 32.5 Å². The molecule has 5 heteroatoms. The SMILES string of the molecule is CCC(C)NC(N)=NCCCCN1CC(C)CC(C)C1.I. The molecule has 0 aliphatic carbocycles. The van der Waals surface area contributed by atoms with Crippen LogP contribution in [0.4, 0.5) is 0 Å². The van der Waals surface area contributed by atoms with Crippen LogP contribution in [0.5, 0.6) is 0 Å². The molecule has 1 aliphatic heterocycles. The molecule has 0 saturated carbocycles. The van der Waals surface area contributed by atoms with Crippen LogP contribution in [0, 0.1) is 11.8 Å². The van der Waals surface area contributed by atoms with Gasteiger partial charge in [-0.05, 0) is 51.0 Å². The summed E-state index contributed by atoms with van der Waals surface area (Å²) in [5, 5.41) is 3.20. The highest BCUT2D eigenvalue weighted by Gasteiger charge is 2.20. The lowest BCUT2D eigenvalue weighted by atomic mass is 9.92. The second-order valence-corrected chi connectivity index (χ2v) is 6.63. The molecule has 1 fully saturated rings. The summed E-state index contributed by atoms with van der Waals surface area (Å²) in [6.07, 6.45) is 4.81.